The second kappa shape index (κ2) is 9.85. The third-order valence-electron chi connectivity index (χ3n) is 4.84. The Morgan fingerprint density at radius 3 is 2.14 bits per heavy atom. The van der Waals surface area contributed by atoms with Crippen LogP contribution in [-0.2, 0) is 21.2 Å². The van der Waals surface area contributed by atoms with Gasteiger partial charge in [-0.15, -0.1) is 0 Å². The summed E-state index contributed by atoms with van der Waals surface area (Å²) in [6, 6.07) is 16.6. The Hall–Kier alpha value is -2.18. The van der Waals surface area contributed by atoms with Crippen LogP contribution in [0.4, 0.5) is 0 Å². The second-order valence-corrected chi connectivity index (χ2v) is 9.43. The van der Waals surface area contributed by atoms with Gasteiger partial charge in [0.05, 0.1) is 6.26 Å². The molecule has 0 saturated carbocycles. The fourth-order valence-corrected chi connectivity index (χ4v) is 3.62. The van der Waals surface area contributed by atoms with Crippen LogP contribution >= 0.6 is 0 Å². The smallest absolute Gasteiger partial charge is 0.242 e. The maximum Gasteiger partial charge on any atom is 0.242 e. The summed E-state index contributed by atoms with van der Waals surface area (Å²) in [5.74, 6) is 0.198. The molecule has 0 fully saturated rings. The van der Waals surface area contributed by atoms with Crippen LogP contribution in [0.3, 0.4) is 0 Å². The first kappa shape index (κ1) is 22.1. The number of carbonyl (C=O) groups excluding carboxylic acids is 1. The number of sulfonamides is 1. The van der Waals surface area contributed by atoms with E-state index in [0.29, 0.717) is 18.0 Å². The Morgan fingerprint density at radius 2 is 1.61 bits per heavy atom. The molecule has 0 bridgehead atoms. The quantitative estimate of drug-likeness (QED) is 0.653. The predicted molar refractivity (Wildman–Crippen MR) is 114 cm³/mol. The van der Waals surface area contributed by atoms with Crippen LogP contribution in [0, 0.1) is 0 Å². The minimum atomic E-state index is -3.51. The van der Waals surface area contributed by atoms with Gasteiger partial charge in [-0.25, -0.2) is 8.42 Å². The number of hydrogen-bond acceptors (Lipinski definition) is 3. The van der Waals surface area contributed by atoms with Crippen molar-refractivity contribution in [2.24, 2.45) is 0 Å². The van der Waals surface area contributed by atoms with E-state index in [1.54, 1.807) is 24.3 Å². The summed E-state index contributed by atoms with van der Waals surface area (Å²) >= 11 is 0. The summed E-state index contributed by atoms with van der Waals surface area (Å²) in [7, 11) is -2.07. The lowest BCUT2D eigenvalue weighted by atomic mass is 10.0. The predicted octanol–water partition coefficient (Wildman–Crippen LogP) is 3.49. The van der Waals surface area contributed by atoms with Crippen molar-refractivity contribution in [2.75, 3.05) is 19.8 Å². The molecule has 0 aliphatic heterocycles. The zero-order valence-electron chi connectivity index (χ0n) is 17.1. The van der Waals surface area contributed by atoms with Crippen molar-refractivity contribution in [1.82, 2.24) is 9.62 Å². The van der Waals surface area contributed by atoms with E-state index in [0.717, 1.165) is 23.4 Å². The lowest BCUT2D eigenvalue weighted by Crippen LogP contribution is -2.41. The normalized spacial score (nSPS) is 12.9. The van der Waals surface area contributed by atoms with Crippen LogP contribution in [0.2, 0.25) is 0 Å². The molecule has 0 saturated heterocycles. The van der Waals surface area contributed by atoms with E-state index in [4.69, 9.17) is 0 Å². The number of amides is 1. The highest BCUT2D eigenvalue weighted by atomic mass is 32.2. The molecule has 0 aliphatic rings. The molecule has 5 nitrogen and oxygen atoms in total. The van der Waals surface area contributed by atoms with Gasteiger partial charge in [0.15, 0.2) is 0 Å². The van der Waals surface area contributed by atoms with Crippen LogP contribution in [0.15, 0.2) is 54.6 Å². The molecule has 1 N–H and O–H groups in total. The molecule has 6 heteroatoms. The van der Waals surface area contributed by atoms with E-state index >= 15 is 0 Å². The van der Waals surface area contributed by atoms with E-state index < -0.39 is 16.1 Å². The minimum Gasteiger partial charge on any atom is -0.354 e. The van der Waals surface area contributed by atoms with E-state index in [2.05, 4.69) is 43.4 Å². The first-order valence-electron chi connectivity index (χ1n) is 9.54. The number of aryl methyl sites for hydroxylation is 1. The fourth-order valence-electron chi connectivity index (χ4n) is 3.02. The Kier molecular flexibility index (Phi) is 7.78. The van der Waals surface area contributed by atoms with Crippen molar-refractivity contribution in [3.8, 4) is 0 Å². The number of rotatable bonds is 9. The van der Waals surface area contributed by atoms with Crippen LogP contribution in [0.5, 0.6) is 0 Å². The summed E-state index contributed by atoms with van der Waals surface area (Å²) in [5.41, 5.74) is 3.19. The van der Waals surface area contributed by atoms with Crippen LogP contribution < -0.4 is 5.32 Å². The SMILES string of the molecule is CC(C)c1ccc(CCCNC(=O)[C@@H](c2ccccc2)N(C)S(C)(=O)=O)cc1. The summed E-state index contributed by atoms with van der Waals surface area (Å²) < 4.78 is 25.1. The van der Waals surface area contributed by atoms with Crippen molar-refractivity contribution in [1.29, 1.82) is 0 Å². The molecule has 2 aromatic rings. The molecule has 1 amide bonds. The highest BCUT2D eigenvalue weighted by Crippen LogP contribution is 2.22. The largest absolute Gasteiger partial charge is 0.354 e. The number of benzene rings is 2. The molecular weight excluding hydrogens is 372 g/mol. The van der Waals surface area contributed by atoms with Crippen LogP contribution in [0.1, 0.15) is 48.9 Å². The van der Waals surface area contributed by atoms with Crippen LogP contribution in [-0.4, -0.2) is 38.5 Å². The van der Waals surface area contributed by atoms with Gasteiger partial charge in [-0.1, -0.05) is 68.4 Å². The zero-order chi connectivity index (χ0) is 20.7. The second-order valence-electron chi connectivity index (χ2n) is 7.38. The molecule has 0 unspecified atom stereocenters. The van der Waals surface area contributed by atoms with Gasteiger partial charge in [-0.05, 0) is 35.4 Å². The van der Waals surface area contributed by atoms with Gasteiger partial charge >= 0.3 is 0 Å². The molecule has 0 aliphatic carbocycles. The number of carbonyl (C=O) groups is 1. The molecule has 152 valence electrons. The zero-order valence-corrected chi connectivity index (χ0v) is 17.9. The third kappa shape index (κ3) is 6.17. The van der Waals surface area contributed by atoms with E-state index in [-0.39, 0.29) is 5.91 Å². The highest BCUT2D eigenvalue weighted by molar-refractivity contribution is 7.88. The maximum atomic E-state index is 12.7. The molecule has 1 atom stereocenters. The topological polar surface area (TPSA) is 66.5 Å². The average Bonchev–Trinajstić information content (AvgIpc) is 2.66. The van der Waals surface area contributed by atoms with Crippen molar-refractivity contribution < 1.29 is 13.2 Å². The Balaban J connectivity index is 1.96. The lowest BCUT2D eigenvalue weighted by Gasteiger charge is -2.25. The van der Waals surface area contributed by atoms with Gasteiger partial charge in [0.1, 0.15) is 6.04 Å². The number of nitrogens with one attached hydrogen (secondary N) is 1. The lowest BCUT2D eigenvalue weighted by molar-refractivity contribution is -0.124. The minimum absolute atomic E-state index is 0.311. The molecule has 2 rings (SSSR count). The molecule has 0 aromatic heterocycles. The summed E-state index contributed by atoms with van der Waals surface area (Å²) in [4.78, 5) is 12.7. The molecule has 2 aromatic carbocycles. The van der Waals surface area contributed by atoms with Crippen molar-refractivity contribution in [3.63, 3.8) is 0 Å². The molecule has 28 heavy (non-hydrogen) atoms. The van der Waals surface area contributed by atoms with Crippen molar-refractivity contribution in [3.05, 3.63) is 71.3 Å². The first-order valence-corrected chi connectivity index (χ1v) is 11.4. The Labute approximate surface area is 168 Å². The maximum absolute atomic E-state index is 12.7. The Bertz CT molecular complexity index is 862. The number of likely N-dealkylation sites (N-methyl/N-ethyl adjacent to an activating group) is 1. The van der Waals surface area contributed by atoms with Gasteiger partial charge in [0.2, 0.25) is 15.9 Å². The van der Waals surface area contributed by atoms with E-state index in [1.807, 2.05) is 6.07 Å². The summed E-state index contributed by atoms with van der Waals surface area (Å²) in [6.45, 7) is 4.83. The highest BCUT2D eigenvalue weighted by Gasteiger charge is 2.30. The van der Waals surface area contributed by atoms with E-state index in [9.17, 15) is 13.2 Å². The van der Waals surface area contributed by atoms with Gasteiger partial charge < -0.3 is 5.32 Å². The molecule has 0 radical (unpaired) electrons. The monoisotopic (exact) mass is 402 g/mol. The fraction of sp³-hybridized carbons (Fsp3) is 0.409. The van der Waals surface area contributed by atoms with Crippen molar-refractivity contribution in [2.45, 2.75) is 38.6 Å². The summed E-state index contributed by atoms with van der Waals surface area (Å²) in [6.07, 6.45) is 2.75. The van der Waals surface area contributed by atoms with Gasteiger partial charge in [0, 0.05) is 13.6 Å². The number of nitrogens with zero attached hydrogens (tertiary/aromatic N) is 1. The average molecular weight is 403 g/mol. The first-order chi connectivity index (χ1) is 13.2. The van der Waals surface area contributed by atoms with E-state index in [1.165, 1.54) is 18.2 Å². The third-order valence-corrected chi connectivity index (χ3v) is 6.10. The Morgan fingerprint density at radius 1 is 1.00 bits per heavy atom. The van der Waals surface area contributed by atoms with Gasteiger partial charge in [-0.3, -0.25) is 4.79 Å². The summed E-state index contributed by atoms with van der Waals surface area (Å²) in [5, 5.41) is 2.89. The molecule has 0 spiro atoms. The van der Waals surface area contributed by atoms with Crippen LogP contribution in [0.25, 0.3) is 0 Å². The standard InChI is InChI=1S/C22H30N2O3S/c1-17(2)19-14-12-18(13-15-19)9-8-16-23-22(25)21(24(3)28(4,26)27)20-10-6-5-7-11-20/h5-7,10-15,17,21H,8-9,16H2,1-4H3,(H,23,25)/t21-/m1/s1. The van der Waals surface area contributed by atoms with Gasteiger partial charge in [-0.2, -0.15) is 4.31 Å². The molecular formula is C22H30N2O3S. The van der Waals surface area contributed by atoms with Gasteiger partial charge in [0.25, 0.3) is 0 Å². The number of hydrogen-bond donors (Lipinski definition) is 1. The molecule has 0 heterocycles. The van der Waals surface area contributed by atoms with Crippen molar-refractivity contribution >= 4 is 15.9 Å².